The van der Waals surface area contributed by atoms with Crippen LogP contribution in [-0.4, -0.2) is 24.5 Å². The molecule has 0 aliphatic heterocycles. The number of amides is 1. The van der Waals surface area contributed by atoms with Gasteiger partial charge >= 0.3 is 0 Å². The number of hydrogen-bond donors (Lipinski definition) is 2. The van der Waals surface area contributed by atoms with E-state index in [1.807, 2.05) is 54.6 Å². The molecule has 0 bridgehead atoms. The molecule has 1 heterocycles. The van der Waals surface area contributed by atoms with Crippen LogP contribution >= 0.6 is 11.6 Å². The lowest BCUT2D eigenvalue weighted by molar-refractivity contribution is 0.0825. The molecule has 3 aromatic rings. The predicted molar refractivity (Wildman–Crippen MR) is 91.8 cm³/mol. The summed E-state index contributed by atoms with van der Waals surface area (Å²) in [7, 11) is 1.60. The van der Waals surface area contributed by atoms with Crippen molar-refractivity contribution in [2.75, 3.05) is 13.7 Å². The molecule has 4 nitrogen and oxygen atoms in total. The van der Waals surface area contributed by atoms with Crippen molar-refractivity contribution >= 4 is 28.4 Å². The zero-order valence-corrected chi connectivity index (χ0v) is 13.4. The number of halogens is 1. The number of methoxy groups -OCH3 is 1. The molecule has 5 heteroatoms. The second-order valence-electron chi connectivity index (χ2n) is 5.23. The van der Waals surface area contributed by atoms with Crippen LogP contribution in [0, 0.1) is 0 Å². The minimum atomic E-state index is -0.294. The van der Waals surface area contributed by atoms with Gasteiger partial charge < -0.3 is 15.0 Å². The molecule has 0 aliphatic carbocycles. The highest BCUT2D eigenvalue weighted by molar-refractivity contribution is 6.31. The maximum absolute atomic E-state index is 12.3. The number of aromatic nitrogens is 1. The van der Waals surface area contributed by atoms with Gasteiger partial charge in [0.2, 0.25) is 0 Å². The van der Waals surface area contributed by atoms with Gasteiger partial charge in [-0.15, -0.1) is 0 Å². The number of para-hydroxylation sites is 1. The summed E-state index contributed by atoms with van der Waals surface area (Å²) in [6.45, 7) is 0.342. The Balaban J connectivity index is 1.71. The molecule has 0 radical (unpaired) electrons. The average Bonchev–Trinajstić information content (AvgIpc) is 3.01. The minimum absolute atomic E-state index is 0.171. The van der Waals surface area contributed by atoms with Crippen molar-refractivity contribution in [2.45, 2.75) is 6.10 Å². The minimum Gasteiger partial charge on any atom is -0.375 e. The molecule has 1 aromatic heterocycles. The molecule has 0 saturated heterocycles. The van der Waals surface area contributed by atoms with Crippen LogP contribution < -0.4 is 5.32 Å². The lowest BCUT2D eigenvalue weighted by Crippen LogP contribution is -2.29. The maximum Gasteiger partial charge on any atom is 0.267 e. The molecule has 118 valence electrons. The van der Waals surface area contributed by atoms with Crippen molar-refractivity contribution in [1.82, 2.24) is 10.3 Å². The number of rotatable bonds is 5. The van der Waals surface area contributed by atoms with Crippen LogP contribution in [0.3, 0.4) is 0 Å². The SMILES string of the molecule is COC(CNC(=O)c1cc2ccccc2[nH]1)c1ccccc1Cl. The van der Waals surface area contributed by atoms with Gasteiger partial charge in [-0.25, -0.2) is 0 Å². The van der Waals surface area contributed by atoms with Gasteiger partial charge in [0.1, 0.15) is 11.8 Å². The van der Waals surface area contributed by atoms with E-state index in [-0.39, 0.29) is 12.0 Å². The molecule has 2 N–H and O–H groups in total. The number of nitrogens with one attached hydrogen (secondary N) is 2. The van der Waals surface area contributed by atoms with Gasteiger partial charge in [-0.2, -0.15) is 0 Å². The molecule has 2 aromatic carbocycles. The van der Waals surface area contributed by atoms with Crippen LogP contribution in [0.15, 0.2) is 54.6 Å². The first-order valence-corrected chi connectivity index (χ1v) is 7.70. The lowest BCUT2D eigenvalue weighted by Gasteiger charge is -2.17. The topological polar surface area (TPSA) is 54.1 Å². The van der Waals surface area contributed by atoms with Crippen LogP contribution in [0.2, 0.25) is 5.02 Å². The number of hydrogen-bond acceptors (Lipinski definition) is 2. The number of carbonyl (C=O) groups excluding carboxylic acids is 1. The van der Waals surface area contributed by atoms with Crippen LogP contribution in [0.25, 0.3) is 10.9 Å². The van der Waals surface area contributed by atoms with Crippen molar-refractivity contribution in [1.29, 1.82) is 0 Å². The van der Waals surface area contributed by atoms with Crippen LogP contribution in [0.4, 0.5) is 0 Å². The Morgan fingerprint density at radius 3 is 2.70 bits per heavy atom. The third-order valence-electron chi connectivity index (χ3n) is 3.76. The summed E-state index contributed by atoms with van der Waals surface area (Å²) in [5, 5.41) is 4.51. The van der Waals surface area contributed by atoms with Crippen molar-refractivity contribution in [3.63, 3.8) is 0 Å². The Kier molecular flexibility index (Phi) is 4.65. The largest absolute Gasteiger partial charge is 0.375 e. The van der Waals surface area contributed by atoms with E-state index in [4.69, 9.17) is 16.3 Å². The molecule has 1 amide bonds. The molecule has 0 saturated carbocycles. The highest BCUT2D eigenvalue weighted by atomic mass is 35.5. The molecule has 23 heavy (non-hydrogen) atoms. The predicted octanol–water partition coefficient (Wildman–Crippen LogP) is 3.94. The molecule has 1 unspecified atom stereocenters. The monoisotopic (exact) mass is 328 g/mol. The first-order chi connectivity index (χ1) is 11.2. The number of benzene rings is 2. The van der Waals surface area contributed by atoms with Gasteiger partial charge in [0.25, 0.3) is 5.91 Å². The van der Waals surface area contributed by atoms with Gasteiger partial charge in [-0.3, -0.25) is 4.79 Å². The summed E-state index contributed by atoms with van der Waals surface area (Å²) in [5.41, 5.74) is 2.32. The standard InChI is InChI=1S/C18H17ClN2O2/c1-23-17(13-7-3-4-8-14(13)19)11-20-18(22)16-10-12-6-2-5-9-15(12)21-16/h2-10,17,21H,11H2,1H3,(H,20,22). The molecular weight excluding hydrogens is 312 g/mol. The van der Waals surface area contributed by atoms with Crippen LogP contribution in [0.5, 0.6) is 0 Å². The van der Waals surface area contributed by atoms with E-state index in [0.717, 1.165) is 16.5 Å². The van der Waals surface area contributed by atoms with Crippen molar-refractivity contribution in [3.8, 4) is 0 Å². The first-order valence-electron chi connectivity index (χ1n) is 7.32. The molecule has 1 atom stereocenters. The summed E-state index contributed by atoms with van der Waals surface area (Å²) in [6, 6.07) is 17.1. The first kappa shape index (κ1) is 15.6. The third kappa shape index (κ3) is 3.38. The van der Waals surface area contributed by atoms with Gasteiger partial charge in [-0.1, -0.05) is 48.0 Å². The Bertz CT molecular complexity index is 796. The number of ether oxygens (including phenoxy) is 1. The van der Waals surface area contributed by atoms with E-state index in [2.05, 4.69) is 10.3 Å². The average molecular weight is 329 g/mol. The molecule has 0 fully saturated rings. The van der Waals surface area contributed by atoms with E-state index in [1.54, 1.807) is 7.11 Å². The van der Waals surface area contributed by atoms with Crippen molar-refractivity contribution in [2.24, 2.45) is 0 Å². The smallest absolute Gasteiger partial charge is 0.267 e. The van der Waals surface area contributed by atoms with Gasteiger partial charge in [-0.05, 0) is 18.2 Å². The van der Waals surface area contributed by atoms with Crippen LogP contribution in [-0.2, 0) is 4.74 Å². The summed E-state index contributed by atoms with van der Waals surface area (Å²) in [5.74, 6) is -0.171. The van der Waals surface area contributed by atoms with E-state index in [0.29, 0.717) is 17.3 Å². The second kappa shape index (κ2) is 6.86. The number of carbonyl (C=O) groups is 1. The number of aromatic amines is 1. The van der Waals surface area contributed by atoms with E-state index in [9.17, 15) is 4.79 Å². The molecule has 0 aliphatic rings. The summed E-state index contributed by atoms with van der Waals surface area (Å²) < 4.78 is 5.45. The zero-order valence-electron chi connectivity index (χ0n) is 12.7. The number of fused-ring (bicyclic) bond motifs is 1. The van der Waals surface area contributed by atoms with Gasteiger partial charge in [0.15, 0.2) is 0 Å². The second-order valence-corrected chi connectivity index (χ2v) is 5.63. The number of H-pyrrole nitrogens is 1. The Labute approximate surface area is 139 Å². The lowest BCUT2D eigenvalue weighted by atomic mass is 10.1. The van der Waals surface area contributed by atoms with Gasteiger partial charge in [0, 0.05) is 35.1 Å². The molecular formula is C18H17ClN2O2. The maximum atomic E-state index is 12.3. The highest BCUT2D eigenvalue weighted by Gasteiger charge is 2.16. The van der Waals surface area contributed by atoms with Crippen LogP contribution in [0.1, 0.15) is 22.2 Å². The zero-order chi connectivity index (χ0) is 16.2. The fraction of sp³-hybridized carbons (Fsp3) is 0.167. The Morgan fingerprint density at radius 2 is 1.96 bits per heavy atom. The Morgan fingerprint density at radius 1 is 1.22 bits per heavy atom. The van der Waals surface area contributed by atoms with E-state index < -0.39 is 0 Å². The van der Waals surface area contributed by atoms with Gasteiger partial charge in [0.05, 0.1) is 0 Å². The fourth-order valence-electron chi connectivity index (χ4n) is 2.53. The summed E-state index contributed by atoms with van der Waals surface area (Å²) in [6.07, 6.45) is -0.294. The third-order valence-corrected chi connectivity index (χ3v) is 4.10. The Hall–Kier alpha value is -2.30. The van der Waals surface area contributed by atoms with E-state index >= 15 is 0 Å². The normalized spacial score (nSPS) is 12.3. The summed E-state index contributed by atoms with van der Waals surface area (Å²) in [4.78, 5) is 15.4. The summed E-state index contributed by atoms with van der Waals surface area (Å²) >= 11 is 6.18. The molecule has 3 rings (SSSR count). The van der Waals surface area contributed by atoms with E-state index in [1.165, 1.54) is 0 Å². The highest BCUT2D eigenvalue weighted by Crippen LogP contribution is 2.24. The molecule has 0 spiro atoms. The van der Waals surface area contributed by atoms with Crippen molar-refractivity contribution in [3.05, 3.63) is 70.9 Å². The quantitative estimate of drug-likeness (QED) is 0.745. The van der Waals surface area contributed by atoms with Crippen molar-refractivity contribution < 1.29 is 9.53 Å². The fourth-order valence-corrected chi connectivity index (χ4v) is 2.79.